The van der Waals surface area contributed by atoms with Gasteiger partial charge in [0, 0.05) is 54.9 Å². The summed E-state index contributed by atoms with van der Waals surface area (Å²) in [5, 5.41) is 12.0. The number of carbonyl (C=O) groups excluding carboxylic acids is 1. The predicted octanol–water partition coefficient (Wildman–Crippen LogP) is 5.18. The second-order valence-corrected chi connectivity index (χ2v) is 7.85. The number of hydrogen-bond acceptors (Lipinski definition) is 7. The van der Waals surface area contributed by atoms with Crippen LogP contribution in [0.3, 0.4) is 0 Å². The number of benzene rings is 1. The van der Waals surface area contributed by atoms with Gasteiger partial charge in [0.25, 0.3) is 0 Å². The molecule has 1 atom stereocenters. The normalized spacial score (nSPS) is 11.6. The standard InChI is InChI=1S/C26H24N6O/c1-18(21-11-14-28-22-5-4-13-29-26(21)22)16-30-25-15-23(31-17-32-25)19-7-9-20(10-8-19)24(33)6-2-3-12-27/h4-5,7-11,13-15,17-18H,2-3,6,16H2,1H3,(H,30,31,32). The van der Waals surface area contributed by atoms with Gasteiger partial charge in [-0.25, -0.2) is 9.97 Å². The van der Waals surface area contributed by atoms with Crippen molar-refractivity contribution in [2.24, 2.45) is 0 Å². The van der Waals surface area contributed by atoms with Gasteiger partial charge in [0.15, 0.2) is 5.78 Å². The minimum absolute atomic E-state index is 0.0500. The van der Waals surface area contributed by atoms with E-state index < -0.39 is 0 Å². The fourth-order valence-electron chi connectivity index (χ4n) is 3.68. The van der Waals surface area contributed by atoms with Crippen molar-refractivity contribution < 1.29 is 4.79 Å². The van der Waals surface area contributed by atoms with E-state index in [1.807, 2.05) is 54.7 Å². The average Bonchev–Trinajstić information content (AvgIpc) is 2.87. The lowest BCUT2D eigenvalue weighted by Crippen LogP contribution is -2.12. The van der Waals surface area contributed by atoms with Gasteiger partial charge < -0.3 is 5.32 Å². The molecule has 0 saturated heterocycles. The Morgan fingerprint density at radius 1 is 1.06 bits per heavy atom. The van der Waals surface area contributed by atoms with Crippen molar-refractivity contribution in [1.82, 2.24) is 19.9 Å². The van der Waals surface area contributed by atoms with Crippen LogP contribution in [0, 0.1) is 11.3 Å². The van der Waals surface area contributed by atoms with E-state index in [-0.39, 0.29) is 11.7 Å². The van der Waals surface area contributed by atoms with E-state index in [9.17, 15) is 4.79 Å². The number of carbonyl (C=O) groups is 1. The van der Waals surface area contributed by atoms with Crippen LogP contribution in [0.15, 0.2) is 67.3 Å². The quantitative estimate of drug-likeness (QED) is 0.285. The molecule has 0 amide bonds. The van der Waals surface area contributed by atoms with Crippen molar-refractivity contribution in [3.63, 3.8) is 0 Å². The highest BCUT2D eigenvalue weighted by Crippen LogP contribution is 2.24. The summed E-state index contributed by atoms with van der Waals surface area (Å²) >= 11 is 0. The molecule has 0 saturated carbocycles. The molecule has 0 radical (unpaired) electrons. The van der Waals surface area contributed by atoms with Gasteiger partial charge >= 0.3 is 0 Å². The first-order chi connectivity index (χ1) is 16.2. The molecule has 4 rings (SSSR count). The zero-order valence-electron chi connectivity index (χ0n) is 18.4. The lowest BCUT2D eigenvalue weighted by atomic mass is 10.0. The lowest BCUT2D eigenvalue weighted by Gasteiger charge is -2.15. The minimum atomic E-state index is 0.0500. The number of Topliss-reactive ketones (excluding diaryl/α,β-unsaturated/α-hetero) is 1. The fourth-order valence-corrected chi connectivity index (χ4v) is 3.68. The maximum atomic E-state index is 12.2. The molecular weight excluding hydrogens is 412 g/mol. The van der Waals surface area contributed by atoms with Crippen molar-refractivity contribution in [2.45, 2.75) is 32.1 Å². The van der Waals surface area contributed by atoms with Crippen LogP contribution in [-0.2, 0) is 0 Å². The Kier molecular flexibility index (Phi) is 6.96. The molecule has 164 valence electrons. The molecule has 3 heterocycles. The van der Waals surface area contributed by atoms with Gasteiger partial charge in [-0.1, -0.05) is 31.2 Å². The summed E-state index contributed by atoms with van der Waals surface area (Å²) < 4.78 is 0. The highest BCUT2D eigenvalue weighted by Gasteiger charge is 2.12. The first-order valence-corrected chi connectivity index (χ1v) is 10.9. The Labute approximate surface area is 192 Å². The molecule has 3 aromatic heterocycles. The Hall–Kier alpha value is -4.18. The zero-order chi connectivity index (χ0) is 23.0. The number of pyridine rings is 2. The first-order valence-electron chi connectivity index (χ1n) is 10.9. The van der Waals surface area contributed by atoms with Gasteiger partial charge in [0.1, 0.15) is 12.1 Å². The highest BCUT2D eigenvalue weighted by atomic mass is 16.1. The Morgan fingerprint density at radius 2 is 1.91 bits per heavy atom. The summed E-state index contributed by atoms with van der Waals surface area (Å²) in [5.41, 5.74) is 5.28. The molecule has 7 heteroatoms. The predicted molar refractivity (Wildman–Crippen MR) is 128 cm³/mol. The summed E-state index contributed by atoms with van der Waals surface area (Å²) in [6.45, 7) is 2.83. The minimum Gasteiger partial charge on any atom is -0.369 e. The highest BCUT2D eigenvalue weighted by molar-refractivity contribution is 5.96. The third-order valence-electron chi connectivity index (χ3n) is 5.51. The maximum Gasteiger partial charge on any atom is 0.162 e. The van der Waals surface area contributed by atoms with Crippen molar-refractivity contribution in [3.05, 3.63) is 78.4 Å². The number of nitriles is 1. The average molecular weight is 437 g/mol. The van der Waals surface area contributed by atoms with Crippen LogP contribution in [0.4, 0.5) is 5.82 Å². The zero-order valence-corrected chi connectivity index (χ0v) is 18.4. The molecule has 1 N–H and O–H groups in total. The summed E-state index contributed by atoms with van der Waals surface area (Å²) in [6.07, 6.45) is 6.50. The van der Waals surface area contributed by atoms with E-state index in [2.05, 4.69) is 38.2 Å². The molecule has 0 aliphatic carbocycles. The van der Waals surface area contributed by atoms with E-state index in [0.717, 1.165) is 33.7 Å². The van der Waals surface area contributed by atoms with Crippen molar-refractivity contribution >= 4 is 22.6 Å². The smallest absolute Gasteiger partial charge is 0.162 e. The van der Waals surface area contributed by atoms with Gasteiger partial charge in [-0.15, -0.1) is 0 Å². The van der Waals surface area contributed by atoms with Crippen molar-refractivity contribution in [1.29, 1.82) is 5.26 Å². The molecular formula is C26H24N6O. The van der Waals surface area contributed by atoms with Crippen molar-refractivity contribution in [3.8, 4) is 17.3 Å². The number of rotatable bonds is 9. The second kappa shape index (κ2) is 10.4. The Bertz CT molecular complexity index is 1290. The molecule has 1 aromatic carbocycles. The van der Waals surface area contributed by atoms with Gasteiger partial charge in [-0.05, 0) is 30.2 Å². The molecule has 0 aliphatic rings. The summed E-state index contributed by atoms with van der Waals surface area (Å²) in [6, 6.07) is 17.2. The number of unbranched alkanes of at least 4 members (excludes halogenated alkanes) is 1. The Balaban J connectivity index is 1.43. The summed E-state index contributed by atoms with van der Waals surface area (Å²) in [5.74, 6) is 0.985. The number of anilines is 1. The number of aromatic nitrogens is 4. The molecule has 1 unspecified atom stereocenters. The number of hydrogen-bond donors (Lipinski definition) is 1. The van der Waals surface area contributed by atoms with Crippen LogP contribution in [0.2, 0.25) is 0 Å². The molecule has 7 nitrogen and oxygen atoms in total. The SMILES string of the molecule is CC(CNc1cc(-c2ccc(C(=O)CCCC#N)cc2)ncn1)c1ccnc2cccnc12. The van der Waals surface area contributed by atoms with Crippen LogP contribution in [0.25, 0.3) is 22.3 Å². The first kappa shape index (κ1) is 22.0. The summed E-state index contributed by atoms with van der Waals surface area (Å²) in [4.78, 5) is 29.8. The van der Waals surface area contributed by atoms with Crippen LogP contribution in [0.5, 0.6) is 0 Å². The second-order valence-electron chi connectivity index (χ2n) is 7.85. The van der Waals surface area contributed by atoms with Crippen LogP contribution >= 0.6 is 0 Å². The van der Waals surface area contributed by atoms with Gasteiger partial charge in [0.2, 0.25) is 0 Å². The van der Waals surface area contributed by atoms with E-state index in [1.165, 1.54) is 6.33 Å². The third kappa shape index (κ3) is 5.36. The molecule has 0 bridgehead atoms. The van der Waals surface area contributed by atoms with E-state index >= 15 is 0 Å². The number of nitrogens with zero attached hydrogens (tertiary/aromatic N) is 5. The molecule has 4 aromatic rings. The van der Waals surface area contributed by atoms with Gasteiger partial charge in [-0.3, -0.25) is 14.8 Å². The van der Waals surface area contributed by atoms with Gasteiger partial charge in [-0.2, -0.15) is 5.26 Å². The van der Waals surface area contributed by atoms with E-state index in [0.29, 0.717) is 31.4 Å². The topological polar surface area (TPSA) is 104 Å². The molecule has 0 fully saturated rings. The lowest BCUT2D eigenvalue weighted by molar-refractivity contribution is 0.0980. The van der Waals surface area contributed by atoms with Crippen molar-refractivity contribution in [2.75, 3.05) is 11.9 Å². The van der Waals surface area contributed by atoms with Crippen LogP contribution < -0.4 is 5.32 Å². The fraction of sp³-hybridized carbons (Fsp3) is 0.231. The number of nitrogens with one attached hydrogen (secondary N) is 1. The summed E-state index contributed by atoms with van der Waals surface area (Å²) in [7, 11) is 0. The maximum absolute atomic E-state index is 12.2. The van der Waals surface area contributed by atoms with Crippen LogP contribution in [-0.4, -0.2) is 32.3 Å². The number of ketones is 1. The van der Waals surface area contributed by atoms with Crippen LogP contribution in [0.1, 0.15) is 48.0 Å². The van der Waals surface area contributed by atoms with E-state index in [4.69, 9.17) is 5.26 Å². The van der Waals surface area contributed by atoms with Gasteiger partial charge in [0.05, 0.1) is 22.8 Å². The van der Waals surface area contributed by atoms with E-state index in [1.54, 1.807) is 6.20 Å². The monoisotopic (exact) mass is 436 g/mol. The molecule has 0 spiro atoms. The molecule has 33 heavy (non-hydrogen) atoms. The largest absolute Gasteiger partial charge is 0.369 e. The third-order valence-corrected chi connectivity index (χ3v) is 5.51. The molecule has 0 aliphatic heterocycles. The number of fused-ring (bicyclic) bond motifs is 1. The Morgan fingerprint density at radius 3 is 2.73 bits per heavy atom.